The second kappa shape index (κ2) is 5.75. The standard InChI is InChI=1S/C12H14BrNOS/c13-9-3-5-10(6-4-9)16-8-11(14)12-2-1-7-15-12/h2-6,11H,1,7-8,14H2. The lowest BCUT2D eigenvalue weighted by atomic mass is 10.3. The molecule has 0 saturated carbocycles. The molecule has 4 heteroatoms. The molecule has 0 radical (unpaired) electrons. The van der Waals surface area contributed by atoms with Crippen LogP contribution in [0.25, 0.3) is 0 Å². The van der Waals surface area contributed by atoms with Gasteiger partial charge in [0.25, 0.3) is 0 Å². The molecule has 1 heterocycles. The molecule has 0 aliphatic carbocycles. The number of benzene rings is 1. The van der Waals surface area contributed by atoms with Crippen LogP contribution in [-0.2, 0) is 4.74 Å². The van der Waals surface area contributed by atoms with Crippen LogP contribution in [0.2, 0.25) is 0 Å². The topological polar surface area (TPSA) is 35.2 Å². The summed E-state index contributed by atoms with van der Waals surface area (Å²) in [4.78, 5) is 1.23. The Kier molecular flexibility index (Phi) is 4.32. The van der Waals surface area contributed by atoms with Crippen LogP contribution >= 0.6 is 27.7 Å². The Morgan fingerprint density at radius 3 is 2.75 bits per heavy atom. The van der Waals surface area contributed by atoms with E-state index in [9.17, 15) is 0 Å². The second-order valence-electron chi connectivity index (χ2n) is 3.62. The highest BCUT2D eigenvalue weighted by Crippen LogP contribution is 2.23. The lowest BCUT2D eigenvalue weighted by molar-refractivity contribution is 0.228. The minimum absolute atomic E-state index is 0.0103. The van der Waals surface area contributed by atoms with Crippen LogP contribution < -0.4 is 5.73 Å². The van der Waals surface area contributed by atoms with Crippen molar-refractivity contribution in [3.8, 4) is 0 Å². The van der Waals surface area contributed by atoms with Gasteiger partial charge in [-0.15, -0.1) is 11.8 Å². The number of halogens is 1. The van der Waals surface area contributed by atoms with Gasteiger partial charge in [0.1, 0.15) is 5.76 Å². The van der Waals surface area contributed by atoms with E-state index in [-0.39, 0.29) is 6.04 Å². The predicted octanol–water partition coefficient (Wildman–Crippen LogP) is 3.17. The lowest BCUT2D eigenvalue weighted by Gasteiger charge is -2.12. The summed E-state index contributed by atoms with van der Waals surface area (Å²) in [5.41, 5.74) is 6.03. The van der Waals surface area contributed by atoms with Gasteiger partial charge < -0.3 is 10.5 Å². The van der Waals surface area contributed by atoms with Crippen LogP contribution in [-0.4, -0.2) is 18.4 Å². The van der Waals surface area contributed by atoms with Crippen molar-refractivity contribution in [2.45, 2.75) is 17.4 Å². The summed E-state index contributed by atoms with van der Waals surface area (Å²) in [7, 11) is 0. The highest BCUT2D eigenvalue weighted by Gasteiger charge is 2.14. The van der Waals surface area contributed by atoms with Crippen molar-refractivity contribution in [1.82, 2.24) is 0 Å². The lowest BCUT2D eigenvalue weighted by Crippen LogP contribution is -2.25. The largest absolute Gasteiger partial charge is 0.496 e. The van der Waals surface area contributed by atoms with E-state index in [0.29, 0.717) is 0 Å². The van der Waals surface area contributed by atoms with E-state index < -0.39 is 0 Å². The normalized spacial score (nSPS) is 16.8. The van der Waals surface area contributed by atoms with E-state index in [1.165, 1.54) is 4.90 Å². The van der Waals surface area contributed by atoms with Gasteiger partial charge >= 0.3 is 0 Å². The van der Waals surface area contributed by atoms with E-state index in [4.69, 9.17) is 10.5 Å². The molecule has 1 unspecified atom stereocenters. The molecule has 2 N–H and O–H groups in total. The average Bonchev–Trinajstić information content (AvgIpc) is 2.81. The van der Waals surface area contributed by atoms with Crippen molar-refractivity contribution in [2.75, 3.05) is 12.4 Å². The van der Waals surface area contributed by atoms with E-state index in [0.717, 1.165) is 29.0 Å². The maximum absolute atomic E-state index is 6.03. The number of hydrogen-bond acceptors (Lipinski definition) is 3. The molecule has 1 aliphatic rings. The fraction of sp³-hybridized carbons (Fsp3) is 0.333. The fourth-order valence-electron chi connectivity index (χ4n) is 1.49. The van der Waals surface area contributed by atoms with Gasteiger partial charge in [-0.1, -0.05) is 15.9 Å². The summed E-state index contributed by atoms with van der Waals surface area (Å²) in [5.74, 6) is 1.80. The Morgan fingerprint density at radius 2 is 2.12 bits per heavy atom. The summed E-state index contributed by atoms with van der Waals surface area (Å²) in [6, 6.07) is 8.27. The Bertz CT molecular complexity index is 377. The molecule has 0 amide bonds. The van der Waals surface area contributed by atoms with Crippen molar-refractivity contribution in [3.63, 3.8) is 0 Å². The van der Waals surface area contributed by atoms with Crippen molar-refractivity contribution in [1.29, 1.82) is 0 Å². The molecule has 0 spiro atoms. The van der Waals surface area contributed by atoms with Crippen LogP contribution in [0.5, 0.6) is 0 Å². The average molecular weight is 300 g/mol. The monoisotopic (exact) mass is 299 g/mol. The SMILES string of the molecule is NC(CSc1ccc(Br)cc1)C1=CCCO1. The first-order chi connectivity index (χ1) is 7.75. The van der Waals surface area contributed by atoms with Crippen LogP contribution in [0.4, 0.5) is 0 Å². The minimum atomic E-state index is 0.0103. The minimum Gasteiger partial charge on any atom is -0.496 e. The molecule has 1 atom stereocenters. The van der Waals surface area contributed by atoms with Crippen molar-refractivity contribution < 1.29 is 4.74 Å². The van der Waals surface area contributed by atoms with Crippen LogP contribution in [0.3, 0.4) is 0 Å². The van der Waals surface area contributed by atoms with Gasteiger partial charge in [0.15, 0.2) is 0 Å². The van der Waals surface area contributed by atoms with Crippen molar-refractivity contribution >= 4 is 27.7 Å². The molecular weight excluding hydrogens is 286 g/mol. The zero-order valence-electron chi connectivity index (χ0n) is 8.86. The molecule has 16 heavy (non-hydrogen) atoms. The second-order valence-corrected chi connectivity index (χ2v) is 5.62. The fourth-order valence-corrected chi connectivity index (χ4v) is 2.62. The van der Waals surface area contributed by atoms with Gasteiger partial charge in [0.05, 0.1) is 12.6 Å². The molecule has 1 aromatic rings. The van der Waals surface area contributed by atoms with E-state index in [2.05, 4.69) is 34.1 Å². The molecule has 0 bridgehead atoms. The van der Waals surface area contributed by atoms with E-state index >= 15 is 0 Å². The van der Waals surface area contributed by atoms with Crippen molar-refractivity contribution in [2.24, 2.45) is 5.73 Å². The number of thioether (sulfide) groups is 1. The number of nitrogens with two attached hydrogens (primary N) is 1. The Labute approximate surface area is 108 Å². The first kappa shape index (κ1) is 12.0. The Hall–Kier alpha value is -0.450. The van der Waals surface area contributed by atoms with Gasteiger partial charge in [0, 0.05) is 21.5 Å². The van der Waals surface area contributed by atoms with Gasteiger partial charge in [-0.3, -0.25) is 0 Å². The maximum Gasteiger partial charge on any atom is 0.110 e. The molecule has 2 nitrogen and oxygen atoms in total. The summed E-state index contributed by atoms with van der Waals surface area (Å²) in [6.07, 6.45) is 3.08. The molecule has 0 fully saturated rings. The predicted molar refractivity (Wildman–Crippen MR) is 71.5 cm³/mol. The third-order valence-electron chi connectivity index (χ3n) is 2.34. The van der Waals surface area contributed by atoms with Crippen molar-refractivity contribution in [3.05, 3.63) is 40.6 Å². The first-order valence-electron chi connectivity index (χ1n) is 5.22. The molecule has 1 aromatic carbocycles. The van der Waals surface area contributed by atoms with E-state index in [1.54, 1.807) is 11.8 Å². The van der Waals surface area contributed by atoms with Gasteiger partial charge in [-0.2, -0.15) is 0 Å². The number of rotatable bonds is 4. The zero-order chi connectivity index (χ0) is 11.4. The maximum atomic E-state index is 6.03. The molecule has 2 rings (SSSR count). The Balaban J connectivity index is 1.84. The van der Waals surface area contributed by atoms with Crippen LogP contribution in [0.15, 0.2) is 45.5 Å². The molecule has 0 saturated heterocycles. The quantitative estimate of drug-likeness (QED) is 0.868. The van der Waals surface area contributed by atoms with Gasteiger partial charge in [0.2, 0.25) is 0 Å². The Morgan fingerprint density at radius 1 is 1.38 bits per heavy atom. The molecule has 1 aliphatic heterocycles. The van der Waals surface area contributed by atoms with Gasteiger partial charge in [-0.25, -0.2) is 0 Å². The van der Waals surface area contributed by atoms with E-state index in [1.807, 2.05) is 12.1 Å². The van der Waals surface area contributed by atoms with Gasteiger partial charge in [-0.05, 0) is 30.3 Å². The summed E-state index contributed by atoms with van der Waals surface area (Å²) < 4.78 is 6.54. The smallest absolute Gasteiger partial charge is 0.110 e. The summed E-state index contributed by atoms with van der Waals surface area (Å²) in [6.45, 7) is 0.784. The third kappa shape index (κ3) is 3.27. The summed E-state index contributed by atoms with van der Waals surface area (Å²) >= 11 is 5.17. The number of ether oxygens (including phenoxy) is 1. The molecule has 0 aromatic heterocycles. The summed E-state index contributed by atoms with van der Waals surface area (Å²) in [5, 5.41) is 0. The molecule has 86 valence electrons. The van der Waals surface area contributed by atoms with Crippen LogP contribution in [0, 0.1) is 0 Å². The third-order valence-corrected chi connectivity index (χ3v) is 4.00. The zero-order valence-corrected chi connectivity index (χ0v) is 11.3. The van der Waals surface area contributed by atoms with Crippen LogP contribution in [0.1, 0.15) is 6.42 Å². The first-order valence-corrected chi connectivity index (χ1v) is 7.00. The number of hydrogen-bond donors (Lipinski definition) is 1. The highest BCUT2D eigenvalue weighted by molar-refractivity contribution is 9.10. The highest BCUT2D eigenvalue weighted by atomic mass is 79.9. The molecular formula is C12H14BrNOS.